The molecule has 1 rings (SSSR count). The summed E-state index contributed by atoms with van der Waals surface area (Å²) in [6.45, 7) is 1.02. The molecule has 0 radical (unpaired) electrons. The molecule has 0 saturated carbocycles. The maximum atomic E-state index is 11.8. The minimum absolute atomic E-state index is 0.129. The van der Waals surface area contributed by atoms with E-state index < -0.39 is 28.6 Å². The maximum absolute atomic E-state index is 11.8. The summed E-state index contributed by atoms with van der Waals surface area (Å²) in [7, 11) is -3.78. The fraction of sp³-hybridized carbons (Fsp3) is 0.556. The Morgan fingerprint density at radius 3 is 2.78 bits per heavy atom. The van der Waals surface area contributed by atoms with E-state index in [1.54, 1.807) is 6.92 Å². The average molecular weight is 277 g/mol. The summed E-state index contributed by atoms with van der Waals surface area (Å²) in [6.07, 6.45) is 2.63. The predicted octanol–water partition coefficient (Wildman–Crippen LogP) is -0.983. The third-order valence-electron chi connectivity index (χ3n) is 2.25. The molecular weight excluding hydrogens is 262 g/mol. The Morgan fingerprint density at radius 2 is 2.28 bits per heavy atom. The maximum Gasteiger partial charge on any atom is 0.325 e. The van der Waals surface area contributed by atoms with Crippen LogP contribution in [0.15, 0.2) is 17.3 Å². The second kappa shape index (κ2) is 5.94. The Labute approximate surface area is 104 Å². The van der Waals surface area contributed by atoms with Crippen molar-refractivity contribution in [3.8, 4) is 0 Å². The number of aliphatic hydroxyl groups excluding tert-OH is 1. The zero-order chi connectivity index (χ0) is 13.8. The normalized spacial score (nSPS) is 13.4. The molecule has 18 heavy (non-hydrogen) atoms. The van der Waals surface area contributed by atoms with Crippen LogP contribution in [0.25, 0.3) is 0 Å². The minimum atomic E-state index is -3.78. The molecule has 1 atom stereocenters. The van der Waals surface area contributed by atoms with E-state index in [0.29, 0.717) is 6.42 Å². The summed E-state index contributed by atoms with van der Waals surface area (Å²) in [4.78, 5) is 10.3. The zero-order valence-corrected chi connectivity index (χ0v) is 10.6. The first-order valence-corrected chi connectivity index (χ1v) is 6.74. The summed E-state index contributed by atoms with van der Waals surface area (Å²) >= 11 is 0. The molecule has 0 aliphatic carbocycles. The Bertz CT molecular complexity index is 506. The molecule has 0 saturated heterocycles. The zero-order valence-electron chi connectivity index (χ0n) is 9.78. The van der Waals surface area contributed by atoms with Crippen molar-refractivity contribution < 1.29 is 23.4 Å². The van der Waals surface area contributed by atoms with Gasteiger partial charge in [-0.25, -0.2) is 13.1 Å². The lowest BCUT2D eigenvalue weighted by Crippen LogP contribution is -2.36. The number of nitrogens with one attached hydrogen (secondary N) is 1. The highest BCUT2D eigenvalue weighted by atomic mass is 32.2. The number of aliphatic carboxylic acids is 1. The van der Waals surface area contributed by atoms with Gasteiger partial charge in [0.25, 0.3) is 0 Å². The highest BCUT2D eigenvalue weighted by molar-refractivity contribution is 7.89. The number of aliphatic hydroxyl groups is 1. The SMILES string of the molecule is CC[C@H](CO)NS(=O)(=O)c1cnn(CC(=O)O)c1. The van der Waals surface area contributed by atoms with Crippen LogP contribution in [0.2, 0.25) is 0 Å². The summed E-state index contributed by atoms with van der Waals surface area (Å²) in [6, 6.07) is -0.571. The highest BCUT2D eigenvalue weighted by Gasteiger charge is 2.20. The number of carboxylic acids is 1. The molecule has 0 bridgehead atoms. The van der Waals surface area contributed by atoms with Crippen LogP contribution >= 0.6 is 0 Å². The van der Waals surface area contributed by atoms with Crippen molar-refractivity contribution in [2.75, 3.05) is 6.61 Å². The summed E-state index contributed by atoms with van der Waals surface area (Å²) in [5.41, 5.74) is 0. The number of hydrogen-bond acceptors (Lipinski definition) is 5. The van der Waals surface area contributed by atoms with Crippen molar-refractivity contribution in [1.82, 2.24) is 14.5 Å². The molecule has 1 aromatic heterocycles. The van der Waals surface area contributed by atoms with E-state index in [9.17, 15) is 13.2 Å². The van der Waals surface area contributed by atoms with Crippen LogP contribution in [-0.4, -0.2) is 47.0 Å². The quantitative estimate of drug-likeness (QED) is 0.588. The first-order valence-electron chi connectivity index (χ1n) is 5.26. The van der Waals surface area contributed by atoms with Gasteiger partial charge in [-0.15, -0.1) is 0 Å². The van der Waals surface area contributed by atoms with Gasteiger partial charge in [-0.1, -0.05) is 6.92 Å². The third-order valence-corrected chi connectivity index (χ3v) is 3.73. The molecule has 8 nitrogen and oxygen atoms in total. The van der Waals surface area contributed by atoms with Gasteiger partial charge in [0.15, 0.2) is 0 Å². The van der Waals surface area contributed by atoms with Crippen LogP contribution in [-0.2, 0) is 21.4 Å². The van der Waals surface area contributed by atoms with Crippen LogP contribution in [0, 0.1) is 0 Å². The molecule has 0 spiro atoms. The largest absolute Gasteiger partial charge is 0.480 e. The summed E-state index contributed by atoms with van der Waals surface area (Å²) in [5.74, 6) is -1.11. The lowest BCUT2D eigenvalue weighted by Gasteiger charge is -2.12. The molecule has 1 heterocycles. The Morgan fingerprint density at radius 1 is 1.61 bits per heavy atom. The molecule has 0 aliphatic rings. The Hall–Kier alpha value is -1.45. The average Bonchev–Trinajstić information content (AvgIpc) is 2.74. The van der Waals surface area contributed by atoms with Crippen molar-refractivity contribution >= 4 is 16.0 Å². The monoisotopic (exact) mass is 277 g/mol. The van der Waals surface area contributed by atoms with Gasteiger partial charge < -0.3 is 10.2 Å². The van der Waals surface area contributed by atoms with E-state index in [2.05, 4.69) is 9.82 Å². The van der Waals surface area contributed by atoms with Gasteiger partial charge >= 0.3 is 5.97 Å². The van der Waals surface area contributed by atoms with Crippen molar-refractivity contribution in [2.24, 2.45) is 0 Å². The van der Waals surface area contributed by atoms with Gasteiger partial charge in [0.2, 0.25) is 10.0 Å². The second-order valence-corrected chi connectivity index (χ2v) is 5.39. The Kier molecular flexibility index (Phi) is 4.82. The molecule has 1 aromatic rings. The van der Waals surface area contributed by atoms with Crippen LogP contribution in [0.5, 0.6) is 0 Å². The van der Waals surface area contributed by atoms with E-state index in [1.807, 2.05) is 0 Å². The van der Waals surface area contributed by atoms with E-state index in [-0.39, 0.29) is 11.5 Å². The number of hydrogen-bond donors (Lipinski definition) is 3. The number of aromatic nitrogens is 2. The van der Waals surface area contributed by atoms with Crippen molar-refractivity contribution in [3.05, 3.63) is 12.4 Å². The first kappa shape index (κ1) is 14.6. The van der Waals surface area contributed by atoms with Gasteiger partial charge in [-0.2, -0.15) is 5.10 Å². The van der Waals surface area contributed by atoms with Gasteiger partial charge in [-0.05, 0) is 6.42 Å². The van der Waals surface area contributed by atoms with Crippen molar-refractivity contribution in [1.29, 1.82) is 0 Å². The fourth-order valence-electron chi connectivity index (χ4n) is 1.25. The molecule has 3 N–H and O–H groups in total. The number of carbonyl (C=O) groups is 1. The first-order chi connectivity index (χ1) is 8.39. The number of carboxylic acid groups (broad SMARTS) is 1. The predicted molar refractivity (Wildman–Crippen MR) is 61.3 cm³/mol. The number of rotatable bonds is 7. The molecular formula is C9H15N3O5S. The smallest absolute Gasteiger partial charge is 0.325 e. The van der Waals surface area contributed by atoms with Crippen LogP contribution in [0.1, 0.15) is 13.3 Å². The standard InChI is InChI=1S/C9H15N3O5S/c1-2-7(6-13)11-18(16,17)8-3-10-12(4-8)5-9(14)15/h3-4,7,11,13H,2,5-6H2,1H3,(H,14,15)/t7-/m1/s1. The van der Waals surface area contributed by atoms with Gasteiger partial charge in [0, 0.05) is 12.2 Å². The second-order valence-electron chi connectivity index (χ2n) is 3.68. The highest BCUT2D eigenvalue weighted by Crippen LogP contribution is 2.08. The molecule has 0 aromatic carbocycles. The number of nitrogens with zero attached hydrogens (tertiary/aromatic N) is 2. The molecule has 0 unspecified atom stereocenters. The molecule has 9 heteroatoms. The van der Waals surface area contributed by atoms with E-state index >= 15 is 0 Å². The third kappa shape index (κ3) is 3.79. The van der Waals surface area contributed by atoms with E-state index in [4.69, 9.17) is 10.2 Å². The van der Waals surface area contributed by atoms with Crippen LogP contribution < -0.4 is 4.72 Å². The lowest BCUT2D eigenvalue weighted by molar-refractivity contribution is -0.137. The number of sulfonamides is 1. The summed E-state index contributed by atoms with van der Waals surface area (Å²) in [5, 5.41) is 21.1. The van der Waals surface area contributed by atoms with E-state index in [0.717, 1.165) is 17.1 Å². The van der Waals surface area contributed by atoms with E-state index in [1.165, 1.54) is 0 Å². The topological polar surface area (TPSA) is 122 Å². The van der Waals surface area contributed by atoms with Gasteiger partial charge in [0.05, 0.1) is 12.8 Å². The molecule has 0 amide bonds. The van der Waals surface area contributed by atoms with Crippen LogP contribution in [0.4, 0.5) is 0 Å². The molecule has 102 valence electrons. The summed E-state index contributed by atoms with van der Waals surface area (Å²) < 4.78 is 27.0. The van der Waals surface area contributed by atoms with Crippen molar-refractivity contribution in [3.63, 3.8) is 0 Å². The van der Waals surface area contributed by atoms with Gasteiger partial charge in [-0.3, -0.25) is 9.48 Å². The van der Waals surface area contributed by atoms with Gasteiger partial charge in [0.1, 0.15) is 11.4 Å². The van der Waals surface area contributed by atoms with Crippen molar-refractivity contribution in [2.45, 2.75) is 30.8 Å². The minimum Gasteiger partial charge on any atom is -0.480 e. The molecule has 0 fully saturated rings. The molecule has 0 aliphatic heterocycles. The fourth-order valence-corrected chi connectivity index (χ4v) is 2.51. The Balaban J connectivity index is 2.85. The van der Waals surface area contributed by atoms with Crippen LogP contribution in [0.3, 0.4) is 0 Å². The lowest BCUT2D eigenvalue weighted by atomic mass is 10.3.